The summed E-state index contributed by atoms with van der Waals surface area (Å²) >= 11 is 15.7. The summed E-state index contributed by atoms with van der Waals surface area (Å²) in [6.45, 7) is 1.96. The molecule has 0 bridgehead atoms. The van der Waals surface area contributed by atoms with E-state index in [1.54, 1.807) is 0 Å². The molecule has 0 saturated heterocycles. The molecule has 0 aliphatic heterocycles. The molecule has 0 fully saturated rings. The van der Waals surface area contributed by atoms with E-state index < -0.39 is 0 Å². The van der Waals surface area contributed by atoms with Crippen molar-refractivity contribution in [1.29, 1.82) is 0 Å². The highest BCUT2D eigenvalue weighted by molar-refractivity contribution is 9.10. The Bertz CT molecular complexity index is 814. The lowest BCUT2D eigenvalue weighted by Crippen LogP contribution is -2.04. The minimum atomic E-state index is 0.496. The van der Waals surface area contributed by atoms with Crippen molar-refractivity contribution in [2.75, 3.05) is 5.88 Å². The molecule has 3 rings (SSSR count). The number of hydrogen-bond donors (Lipinski definition) is 0. The predicted molar refractivity (Wildman–Crippen MR) is 90.7 cm³/mol. The van der Waals surface area contributed by atoms with E-state index in [9.17, 15) is 0 Å². The van der Waals surface area contributed by atoms with Gasteiger partial charge in [0.25, 0.3) is 0 Å². The molecule has 108 valence electrons. The number of imidazole rings is 1. The maximum atomic E-state index is 6.39. The summed E-state index contributed by atoms with van der Waals surface area (Å²) in [5.41, 5.74) is 3.45. The summed E-state index contributed by atoms with van der Waals surface area (Å²) in [5.74, 6) is 1.36. The number of hydrogen-bond acceptors (Lipinski definition) is 2. The van der Waals surface area contributed by atoms with Gasteiger partial charge in [-0.05, 0) is 37.3 Å². The molecule has 3 aromatic rings. The Balaban J connectivity index is 2.32. The first kappa shape index (κ1) is 14.8. The summed E-state index contributed by atoms with van der Waals surface area (Å²) in [6.07, 6.45) is 0.656. The van der Waals surface area contributed by atoms with Crippen LogP contribution in [0.1, 0.15) is 11.5 Å². The van der Waals surface area contributed by atoms with Gasteiger partial charge in [-0.1, -0.05) is 27.5 Å². The molecule has 0 N–H and O–H groups in total. The molecule has 6 heteroatoms. The van der Waals surface area contributed by atoms with Crippen LogP contribution >= 0.6 is 39.1 Å². The lowest BCUT2D eigenvalue weighted by atomic mass is 10.3. The number of aryl methyl sites for hydroxylation is 2. The average Bonchev–Trinajstić information content (AvgIpc) is 2.77. The van der Waals surface area contributed by atoms with Gasteiger partial charge in [0.1, 0.15) is 11.3 Å². The fourth-order valence-corrected chi connectivity index (χ4v) is 3.19. The highest BCUT2D eigenvalue weighted by Gasteiger charge is 2.15. The molecular formula is C15H12BrCl2N3. The Morgan fingerprint density at radius 2 is 2.00 bits per heavy atom. The van der Waals surface area contributed by atoms with Crippen molar-refractivity contribution in [2.24, 2.45) is 0 Å². The quantitative estimate of drug-likeness (QED) is 0.599. The van der Waals surface area contributed by atoms with Gasteiger partial charge in [-0.25, -0.2) is 9.97 Å². The second kappa shape index (κ2) is 5.95. The van der Waals surface area contributed by atoms with E-state index in [0.29, 0.717) is 17.3 Å². The van der Waals surface area contributed by atoms with Crippen LogP contribution in [0.3, 0.4) is 0 Å². The number of rotatable bonds is 3. The zero-order valence-corrected chi connectivity index (χ0v) is 14.4. The number of benzene rings is 1. The number of aromatic nitrogens is 3. The van der Waals surface area contributed by atoms with Gasteiger partial charge >= 0.3 is 0 Å². The van der Waals surface area contributed by atoms with Gasteiger partial charge in [-0.2, -0.15) is 0 Å². The minimum Gasteiger partial charge on any atom is -0.279 e. The third-order valence-corrected chi connectivity index (χ3v) is 4.17. The SMILES string of the molecule is Cc1ccc2nc(CCCl)n(-c3ccc(Br)cc3Cl)c2n1. The molecule has 0 unspecified atom stereocenters. The topological polar surface area (TPSA) is 30.7 Å². The molecule has 0 atom stereocenters. The summed E-state index contributed by atoms with van der Waals surface area (Å²) in [5, 5.41) is 0.641. The average molecular weight is 385 g/mol. The van der Waals surface area contributed by atoms with Gasteiger partial charge in [-0.3, -0.25) is 4.57 Å². The van der Waals surface area contributed by atoms with Gasteiger partial charge in [0, 0.05) is 22.5 Å². The Kier molecular flexibility index (Phi) is 4.20. The molecule has 0 aliphatic carbocycles. The van der Waals surface area contributed by atoms with Crippen molar-refractivity contribution < 1.29 is 0 Å². The molecule has 3 nitrogen and oxygen atoms in total. The Hall–Kier alpha value is -1.10. The van der Waals surface area contributed by atoms with E-state index in [0.717, 1.165) is 32.8 Å². The highest BCUT2D eigenvalue weighted by atomic mass is 79.9. The number of pyridine rings is 1. The summed E-state index contributed by atoms with van der Waals surface area (Å²) in [6, 6.07) is 9.69. The van der Waals surface area contributed by atoms with Gasteiger partial charge in [0.05, 0.1) is 10.7 Å². The van der Waals surface area contributed by atoms with Crippen molar-refractivity contribution in [3.8, 4) is 5.69 Å². The molecule has 21 heavy (non-hydrogen) atoms. The molecule has 0 amide bonds. The first-order valence-corrected chi connectivity index (χ1v) is 8.17. The third-order valence-electron chi connectivity index (χ3n) is 3.18. The van der Waals surface area contributed by atoms with Crippen LogP contribution in [0.15, 0.2) is 34.8 Å². The van der Waals surface area contributed by atoms with Crippen LogP contribution in [0.25, 0.3) is 16.9 Å². The molecule has 0 spiro atoms. The summed E-state index contributed by atoms with van der Waals surface area (Å²) in [7, 11) is 0. The molecule has 0 saturated carbocycles. The monoisotopic (exact) mass is 383 g/mol. The smallest absolute Gasteiger partial charge is 0.164 e. The summed E-state index contributed by atoms with van der Waals surface area (Å²) in [4.78, 5) is 9.23. The normalized spacial score (nSPS) is 11.2. The Morgan fingerprint density at radius 1 is 1.19 bits per heavy atom. The van der Waals surface area contributed by atoms with Crippen LogP contribution in [0.4, 0.5) is 0 Å². The maximum absolute atomic E-state index is 6.39. The van der Waals surface area contributed by atoms with Gasteiger partial charge in [0.2, 0.25) is 0 Å². The first-order valence-electron chi connectivity index (χ1n) is 6.46. The van der Waals surface area contributed by atoms with E-state index in [1.165, 1.54) is 0 Å². The Labute approximate surface area is 141 Å². The molecule has 0 radical (unpaired) electrons. The fourth-order valence-electron chi connectivity index (χ4n) is 2.27. The predicted octanol–water partition coefficient (Wildman–Crippen LogP) is 4.93. The molecule has 2 aromatic heterocycles. The Morgan fingerprint density at radius 3 is 2.71 bits per heavy atom. The zero-order chi connectivity index (χ0) is 15.0. The van der Waals surface area contributed by atoms with Crippen LogP contribution in [-0.4, -0.2) is 20.4 Å². The third kappa shape index (κ3) is 2.80. The van der Waals surface area contributed by atoms with Crippen molar-refractivity contribution in [1.82, 2.24) is 14.5 Å². The van der Waals surface area contributed by atoms with Crippen molar-refractivity contribution in [3.05, 3.63) is 51.3 Å². The largest absolute Gasteiger partial charge is 0.279 e. The number of halogens is 3. The molecule has 2 heterocycles. The van der Waals surface area contributed by atoms with Crippen LogP contribution in [0.2, 0.25) is 5.02 Å². The number of fused-ring (bicyclic) bond motifs is 1. The van der Waals surface area contributed by atoms with Crippen LogP contribution < -0.4 is 0 Å². The van der Waals surface area contributed by atoms with Gasteiger partial charge < -0.3 is 0 Å². The second-order valence-electron chi connectivity index (χ2n) is 4.69. The number of nitrogens with zero attached hydrogens (tertiary/aromatic N) is 3. The maximum Gasteiger partial charge on any atom is 0.164 e. The van der Waals surface area contributed by atoms with E-state index in [4.69, 9.17) is 23.2 Å². The van der Waals surface area contributed by atoms with Crippen molar-refractivity contribution in [2.45, 2.75) is 13.3 Å². The zero-order valence-electron chi connectivity index (χ0n) is 11.3. The highest BCUT2D eigenvalue weighted by Crippen LogP contribution is 2.29. The standard InChI is InChI=1S/C15H12BrCl2N3/c1-9-2-4-12-15(19-9)21(14(20-12)6-7-17)13-5-3-10(16)8-11(13)18/h2-5,8H,6-7H2,1H3. The van der Waals surface area contributed by atoms with E-state index >= 15 is 0 Å². The van der Waals surface area contributed by atoms with Crippen LogP contribution in [0, 0.1) is 6.92 Å². The second-order valence-corrected chi connectivity index (χ2v) is 6.39. The molecular weight excluding hydrogens is 373 g/mol. The van der Waals surface area contributed by atoms with E-state index in [2.05, 4.69) is 25.9 Å². The van der Waals surface area contributed by atoms with Crippen molar-refractivity contribution in [3.63, 3.8) is 0 Å². The lowest BCUT2D eigenvalue weighted by molar-refractivity contribution is 0.904. The van der Waals surface area contributed by atoms with E-state index in [1.807, 2.05) is 41.8 Å². The van der Waals surface area contributed by atoms with Crippen LogP contribution in [0.5, 0.6) is 0 Å². The number of alkyl halides is 1. The molecule has 1 aromatic carbocycles. The van der Waals surface area contributed by atoms with Gasteiger partial charge in [0.15, 0.2) is 5.65 Å². The first-order chi connectivity index (χ1) is 10.1. The fraction of sp³-hybridized carbons (Fsp3) is 0.200. The van der Waals surface area contributed by atoms with Crippen molar-refractivity contribution >= 4 is 50.3 Å². The summed E-state index contributed by atoms with van der Waals surface area (Å²) < 4.78 is 2.92. The van der Waals surface area contributed by atoms with Crippen LogP contribution in [-0.2, 0) is 6.42 Å². The lowest BCUT2D eigenvalue weighted by Gasteiger charge is -2.10. The van der Waals surface area contributed by atoms with E-state index in [-0.39, 0.29) is 0 Å². The van der Waals surface area contributed by atoms with Gasteiger partial charge in [-0.15, -0.1) is 11.6 Å². The minimum absolute atomic E-state index is 0.496. The molecule has 0 aliphatic rings.